The predicted octanol–water partition coefficient (Wildman–Crippen LogP) is 3.05. The third-order valence-corrected chi connectivity index (χ3v) is 4.66. The summed E-state index contributed by atoms with van der Waals surface area (Å²) in [7, 11) is 0. The number of pyridine rings is 1. The normalized spacial score (nSPS) is 19.6. The van der Waals surface area contributed by atoms with E-state index in [-0.39, 0.29) is 11.2 Å². The maximum Gasteiger partial charge on any atom is 0.408 e. The van der Waals surface area contributed by atoms with E-state index in [1.807, 2.05) is 29.5 Å². The zero-order chi connectivity index (χ0) is 16.8. The van der Waals surface area contributed by atoms with Gasteiger partial charge in [0.2, 0.25) is 0 Å². The lowest BCUT2D eigenvalue weighted by atomic mass is 10.2. The van der Waals surface area contributed by atoms with Crippen LogP contribution >= 0.6 is 34.2 Å². The number of aromatic nitrogens is 3. The molecule has 1 atom stereocenters. The van der Waals surface area contributed by atoms with Crippen molar-refractivity contribution in [2.45, 2.75) is 25.7 Å². The van der Waals surface area contributed by atoms with Crippen LogP contribution in [-0.4, -0.2) is 46.6 Å². The molecule has 1 aliphatic rings. The molecule has 0 amide bonds. The molecule has 1 aliphatic heterocycles. The van der Waals surface area contributed by atoms with Crippen LogP contribution < -0.4 is 10.2 Å². The zero-order valence-corrected chi connectivity index (χ0v) is 15.1. The molecule has 5 nitrogen and oxygen atoms in total. The minimum atomic E-state index is -4.35. The average molecular weight is 460 g/mol. The summed E-state index contributed by atoms with van der Waals surface area (Å²) in [5.74, 6) is 0. The molecule has 2 aromatic heterocycles. The number of rotatable bonds is 2. The van der Waals surface area contributed by atoms with E-state index in [9.17, 15) is 13.2 Å². The first-order chi connectivity index (χ1) is 10.8. The van der Waals surface area contributed by atoms with Gasteiger partial charge in [0.1, 0.15) is 26.4 Å². The Bertz CT molecular complexity index is 732. The van der Waals surface area contributed by atoms with Crippen molar-refractivity contribution >= 4 is 50.9 Å². The molecule has 0 unspecified atom stereocenters. The monoisotopic (exact) mass is 459 g/mol. The van der Waals surface area contributed by atoms with Gasteiger partial charge in [0.05, 0.1) is 5.69 Å². The number of fused-ring (bicyclic) bond motifs is 1. The molecule has 126 valence electrons. The second kappa shape index (κ2) is 6.25. The average Bonchev–Trinajstić information content (AvgIpc) is 2.73. The Balaban J connectivity index is 2.19. The largest absolute Gasteiger partial charge is 0.408 e. The standard InChI is InChI=1S/C13H14ClF3IN5/c1-7-5-19-2-3-22(7)8-4-9(14)20-10-11(8)23(21-12(10)18)6-13(15,16)17/h4,7,19H,2-3,5-6H2,1H3/t7-/m1/s1. The molecule has 3 heterocycles. The summed E-state index contributed by atoms with van der Waals surface area (Å²) in [4.78, 5) is 6.22. The van der Waals surface area contributed by atoms with Crippen LogP contribution in [0.5, 0.6) is 0 Å². The third kappa shape index (κ3) is 3.50. The van der Waals surface area contributed by atoms with Gasteiger partial charge < -0.3 is 10.2 Å². The molecule has 10 heteroatoms. The van der Waals surface area contributed by atoms with Crippen molar-refractivity contribution in [2.75, 3.05) is 24.5 Å². The number of anilines is 1. The number of nitrogens with zero attached hydrogens (tertiary/aromatic N) is 4. The van der Waals surface area contributed by atoms with Gasteiger partial charge in [0, 0.05) is 31.7 Å². The number of piperazine rings is 1. The summed E-state index contributed by atoms with van der Waals surface area (Å²) in [6, 6.07) is 1.76. The maximum absolute atomic E-state index is 12.9. The number of hydrogen-bond acceptors (Lipinski definition) is 4. The van der Waals surface area contributed by atoms with Gasteiger partial charge in [0.15, 0.2) is 0 Å². The number of hydrogen-bond donors (Lipinski definition) is 1. The van der Waals surface area contributed by atoms with Gasteiger partial charge in [-0.1, -0.05) is 11.6 Å². The fourth-order valence-electron chi connectivity index (χ4n) is 2.80. The van der Waals surface area contributed by atoms with Crippen molar-refractivity contribution in [3.63, 3.8) is 0 Å². The fourth-order valence-corrected chi connectivity index (χ4v) is 3.62. The molecule has 0 spiro atoms. The molecule has 0 aliphatic carbocycles. The van der Waals surface area contributed by atoms with Crippen molar-refractivity contribution in [1.29, 1.82) is 0 Å². The first-order valence-electron chi connectivity index (χ1n) is 7.03. The van der Waals surface area contributed by atoms with Crippen LogP contribution in [0.25, 0.3) is 11.0 Å². The topological polar surface area (TPSA) is 46.0 Å². The van der Waals surface area contributed by atoms with Crippen LogP contribution in [0, 0.1) is 3.70 Å². The van der Waals surface area contributed by atoms with Crippen LogP contribution in [0.15, 0.2) is 6.07 Å². The van der Waals surface area contributed by atoms with Crippen LogP contribution in [-0.2, 0) is 6.54 Å². The van der Waals surface area contributed by atoms with Gasteiger partial charge >= 0.3 is 6.18 Å². The Hall–Kier alpha value is -0.810. The van der Waals surface area contributed by atoms with E-state index in [1.165, 1.54) is 0 Å². The van der Waals surface area contributed by atoms with Gasteiger partial charge in [0.25, 0.3) is 0 Å². The molecule has 1 fully saturated rings. The Morgan fingerprint density at radius 1 is 1.48 bits per heavy atom. The number of alkyl halides is 3. The van der Waals surface area contributed by atoms with E-state index in [4.69, 9.17) is 11.6 Å². The molecule has 0 bridgehead atoms. The van der Waals surface area contributed by atoms with Crippen LogP contribution in [0.4, 0.5) is 18.9 Å². The van der Waals surface area contributed by atoms with Gasteiger partial charge in [-0.3, -0.25) is 4.68 Å². The highest BCUT2D eigenvalue weighted by Crippen LogP contribution is 2.34. The van der Waals surface area contributed by atoms with Crippen molar-refractivity contribution in [2.24, 2.45) is 0 Å². The Morgan fingerprint density at radius 3 is 2.87 bits per heavy atom. The summed E-state index contributed by atoms with van der Waals surface area (Å²) in [5.41, 5.74) is 1.43. The summed E-state index contributed by atoms with van der Waals surface area (Å²) in [5, 5.41) is 7.53. The first-order valence-corrected chi connectivity index (χ1v) is 8.48. The molecule has 23 heavy (non-hydrogen) atoms. The number of nitrogens with one attached hydrogen (secondary N) is 1. The van der Waals surface area contributed by atoms with Crippen molar-refractivity contribution < 1.29 is 13.2 Å². The highest BCUT2D eigenvalue weighted by molar-refractivity contribution is 14.1. The zero-order valence-electron chi connectivity index (χ0n) is 12.2. The quantitative estimate of drug-likeness (QED) is 0.554. The number of halogens is 5. The molecule has 0 saturated carbocycles. The Kier molecular flexibility index (Phi) is 4.62. The first kappa shape index (κ1) is 17.0. The lowest BCUT2D eigenvalue weighted by molar-refractivity contribution is -0.141. The lowest BCUT2D eigenvalue weighted by Crippen LogP contribution is -2.50. The molecule has 1 saturated heterocycles. The molecular weight excluding hydrogens is 446 g/mol. The minimum Gasteiger partial charge on any atom is -0.364 e. The minimum absolute atomic E-state index is 0.136. The van der Waals surface area contributed by atoms with Crippen LogP contribution in [0.1, 0.15) is 6.92 Å². The second-order valence-corrected chi connectivity index (χ2v) is 6.88. The van der Waals surface area contributed by atoms with Crippen molar-refractivity contribution in [1.82, 2.24) is 20.1 Å². The van der Waals surface area contributed by atoms with E-state index in [1.54, 1.807) is 6.07 Å². The summed E-state index contributed by atoms with van der Waals surface area (Å²) in [6.45, 7) is 3.07. The summed E-state index contributed by atoms with van der Waals surface area (Å²) < 4.78 is 40.0. The summed E-state index contributed by atoms with van der Waals surface area (Å²) >= 11 is 7.98. The summed E-state index contributed by atoms with van der Waals surface area (Å²) in [6.07, 6.45) is -4.35. The van der Waals surface area contributed by atoms with Crippen molar-refractivity contribution in [3.8, 4) is 0 Å². The van der Waals surface area contributed by atoms with E-state index >= 15 is 0 Å². The Labute approximate surface area is 149 Å². The molecule has 1 N–H and O–H groups in total. The SMILES string of the molecule is C[C@@H]1CNCCN1c1cc(Cl)nc2c(I)nn(CC(F)(F)F)c12. The Morgan fingerprint density at radius 2 is 2.22 bits per heavy atom. The second-order valence-electron chi connectivity index (χ2n) is 5.47. The van der Waals surface area contributed by atoms with Crippen molar-refractivity contribution in [3.05, 3.63) is 14.9 Å². The predicted molar refractivity (Wildman–Crippen MR) is 91.0 cm³/mol. The molecular formula is C13H14ClF3IN5. The van der Waals surface area contributed by atoms with Gasteiger partial charge in [-0.05, 0) is 29.5 Å². The highest BCUT2D eigenvalue weighted by atomic mass is 127. The van der Waals surface area contributed by atoms with Crippen LogP contribution in [0.3, 0.4) is 0 Å². The van der Waals surface area contributed by atoms with Gasteiger partial charge in [-0.25, -0.2) is 4.98 Å². The molecule has 2 aromatic rings. The third-order valence-electron chi connectivity index (χ3n) is 3.74. The van der Waals surface area contributed by atoms with E-state index < -0.39 is 12.7 Å². The van der Waals surface area contributed by atoms with Crippen LogP contribution in [0.2, 0.25) is 5.15 Å². The fraction of sp³-hybridized carbons (Fsp3) is 0.538. The van der Waals surface area contributed by atoms with Gasteiger partial charge in [-0.15, -0.1) is 0 Å². The van der Waals surface area contributed by atoms with Gasteiger partial charge in [-0.2, -0.15) is 18.3 Å². The maximum atomic E-state index is 12.9. The lowest BCUT2D eigenvalue weighted by Gasteiger charge is -2.36. The smallest absolute Gasteiger partial charge is 0.364 e. The molecule has 3 rings (SSSR count). The van der Waals surface area contributed by atoms with E-state index in [0.717, 1.165) is 17.8 Å². The highest BCUT2D eigenvalue weighted by Gasteiger charge is 2.32. The van der Waals surface area contributed by atoms with E-state index in [2.05, 4.69) is 20.3 Å². The van der Waals surface area contributed by atoms with E-state index in [0.29, 0.717) is 27.0 Å². The molecule has 0 radical (unpaired) electrons. The molecule has 0 aromatic carbocycles.